The van der Waals surface area contributed by atoms with Crippen LogP contribution < -0.4 is 5.32 Å². The van der Waals surface area contributed by atoms with Crippen molar-refractivity contribution < 1.29 is 4.21 Å². The molecule has 104 valence electrons. The highest BCUT2D eigenvalue weighted by atomic mass is 32.2. The van der Waals surface area contributed by atoms with Gasteiger partial charge in [0.05, 0.1) is 0 Å². The quantitative estimate of drug-likeness (QED) is 0.822. The Bertz CT molecular complexity index is 335. The van der Waals surface area contributed by atoms with Crippen molar-refractivity contribution in [1.82, 2.24) is 10.2 Å². The third kappa shape index (κ3) is 2.52. The third-order valence-electron chi connectivity index (χ3n) is 5.18. The van der Waals surface area contributed by atoms with Gasteiger partial charge in [-0.25, -0.2) is 0 Å². The monoisotopic (exact) mass is 270 g/mol. The Kier molecular flexibility index (Phi) is 3.54. The molecule has 0 aromatic carbocycles. The SMILES string of the molecule is CC1CNC(C)(C2CC2)CN1C1CCS(=O)CC1. The molecule has 0 bridgehead atoms. The van der Waals surface area contributed by atoms with Crippen molar-refractivity contribution in [3.63, 3.8) is 0 Å². The highest BCUT2D eigenvalue weighted by Gasteiger charge is 2.46. The number of hydrogen-bond donors (Lipinski definition) is 1. The summed E-state index contributed by atoms with van der Waals surface area (Å²) in [5, 5.41) is 3.78. The summed E-state index contributed by atoms with van der Waals surface area (Å²) in [5.41, 5.74) is 0.336. The molecule has 4 heteroatoms. The number of rotatable bonds is 2. The van der Waals surface area contributed by atoms with Crippen LogP contribution in [0.4, 0.5) is 0 Å². The highest BCUT2D eigenvalue weighted by molar-refractivity contribution is 7.85. The van der Waals surface area contributed by atoms with E-state index < -0.39 is 10.8 Å². The van der Waals surface area contributed by atoms with Crippen molar-refractivity contribution in [2.45, 2.75) is 57.2 Å². The molecule has 2 saturated heterocycles. The van der Waals surface area contributed by atoms with Crippen LogP contribution in [0.15, 0.2) is 0 Å². The Balaban J connectivity index is 1.67. The van der Waals surface area contributed by atoms with Crippen LogP contribution >= 0.6 is 0 Å². The fourth-order valence-corrected chi connectivity index (χ4v) is 4.96. The number of nitrogens with one attached hydrogen (secondary N) is 1. The van der Waals surface area contributed by atoms with Gasteiger partial charge < -0.3 is 5.32 Å². The van der Waals surface area contributed by atoms with Crippen LogP contribution in [-0.4, -0.2) is 51.3 Å². The lowest BCUT2D eigenvalue weighted by Crippen LogP contribution is -2.65. The van der Waals surface area contributed by atoms with E-state index in [0.717, 1.165) is 36.8 Å². The summed E-state index contributed by atoms with van der Waals surface area (Å²) in [5.74, 6) is 2.73. The fourth-order valence-electron chi connectivity index (χ4n) is 3.69. The minimum Gasteiger partial charge on any atom is -0.308 e. The van der Waals surface area contributed by atoms with Crippen LogP contribution in [0.25, 0.3) is 0 Å². The molecule has 2 aliphatic heterocycles. The topological polar surface area (TPSA) is 32.3 Å². The maximum atomic E-state index is 11.5. The first kappa shape index (κ1) is 13.1. The second-order valence-corrected chi connectivity index (χ2v) is 8.37. The molecule has 2 atom stereocenters. The molecule has 3 fully saturated rings. The van der Waals surface area contributed by atoms with Gasteiger partial charge in [-0.3, -0.25) is 9.11 Å². The Morgan fingerprint density at radius 2 is 1.89 bits per heavy atom. The molecule has 3 aliphatic rings. The van der Waals surface area contributed by atoms with E-state index >= 15 is 0 Å². The minimum atomic E-state index is -0.535. The molecule has 18 heavy (non-hydrogen) atoms. The normalized spacial score (nSPS) is 47.1. The minimum absolute atomic E-state index is 0.336. The lowest BCUT2D eigenvalue weighted by molar-refractivity contribution is 0.0424. The Labute approximate surface area is 113 Å². The van der Waals surface area contributed by atoms with Gasteiger partial charge in [-0.05, 0) is 45.4 Å². The maximum Gasteiger partial charge on any atom is 0.0309 e. The molecule has 0 spiro atoms. The second kappa shape index (κ2) is 4.88. The van der Waals surface area contributed by atoms with Crippen molar-refractivity contribution >= 4 is 10.8 Å². The third-order valence-corrected chi connectivity index (χ3v) is 6.57. The highest BCUT2D eigenvalue weighted by Crippen LogP contribution is 2.42. The van der Waals surface area contributed by atoms with E-state index in [2.05, 4.69) is 24.1 Å². The zero-order valence-electron chi connectivity index (χ0n) is 11.7. The molecule has 1 N–H and O–H groups in total. The molecular weight excluding hydrogens is 244 g/mol. The van der Waals surface area contributed by atoms with Gasteiger partial charge in [0.1, 0.15) is 0 Å². The van der Waals surface area contributed by atoms with E-state index in [4.69, 9.17) is 0 Å². The molecule has 0 aromatic heterocycles. The summed E-state index contributed by atoms with van der Waals surface area (Å²) >= 11 is 0. The van der Waals surface area contributed by atoms with Crippen molar-refractivity contribution in [3.05, 3.63) is 0 Å². The average molecular weight is 270 g/mol. The molecule has 0 radical (unpaired) electrons. The van der Waals surface area contributed by atoms with Crippen LogP contribution in [-0.2, 0) is 10.8 Å². The van der Waals surface area contributed by atoms with Crippen LogP contribution in [0.1, 0.15) is 39.5 Å². The predicted molar refractivity (Wildman–Crippen MR) is 76.2 cm³/mol. The molecule has 0 amide bonds. The lowest BCUT2D eigenvalue weighted by atomic mass is 9.89. The van der Waals surface area contributed by atoms with E-state index in [0.29, 0.717) is 17.6 Å². The molecule has 2 unspecified atom stereocenters. The first-order valence-electron chi connectivity index (χ1n) is 7.44. The van der Waals surface area contributed by atoms with Gasteiger partial charge in [-0.1, -0.05) is 0 Å². The zero-order valence-corrected chi connectivity index (χ0v) is 12.5. The predicted octanol–water partition coefficient (Wildman–Crippen LogP) is 1.36. The van der Waals surface area contributed by atoms with Crippen LogP contribution in [0.5, 0.6) is 0 Å². The fraction of sp³-hybridized carbons (Fsp3) is 1.00. The van der Waals surface area contributed by atoms with Crippen molar-refractivity contribution in [1.29, 1.82) is 0 Å². The Hall–Kier alpha value is 0.0700. The summed E-state index contributed by atoms with van der Waals surface area (Å²) in [6.07, 6.45) is 5.08. The van der Waals surface area contributed by atoms with Crippen LogP contribution in [0.3, 0.4) is 0 Å². The van der Waals surface area contributed by atoms with Gasteiger partial charge in [0.15, 0.2) is 0 Å². The van der Waals surface area contributed by atoms with E-state index in [9.17, 15) is 4.21 Å². The van der Waals surface area contributed by atoms with Gasteiger partial charge in [-0.15, -0.1) is 0 Å². The standard InChI is InChI=1S/C14H26N2OS/c1-11-9-15-14(2,12-3-4-12)10-16(11)13-5-7-18(17)8-6-13/h11-13,15H,3-10H2,1-2H3. The molecule has 2 heterocycles. The number of piperazine rings is 1. The molecule has 0 aromatic rings. The lowest BCUT2D eigenvalue weighted by Gasteiger charge is -2.49. The van der Waals surface area contributed by atoms with Crippen LogP contribution in [0, 0.1) is 5.92 Å². The molecule has 1 saturated carbocycles. The summed E-state index contributed by atoms with van der Waals surface area (Å²) in [7, 11) is -0.535. The first-order valence-corrected chi connectivity index (χ1v) is 8.93. The first-order chi connectivity index (χ1) is 8.58. The van der Waals surface area contributed by atoms with Gasteiger partial charge in [0.25, 0.3) is 0 Å². The van der Waals surface area contributed by atoms with Gasteiger partial charge in [0.2, 0.25) is 0 Å². The summed E-state index contributed by atoms with van der Waals surface area (Å²) < 4.78 is 11.5. The van der Waals surface area contributed by atoms with E-state index in [1.54, 1.807) is 0 Å². The second-order valence-electron chi connectivity index (χ2n) is 6.67. The average Bonchev–Trinajstić information content (AvgIpc) is 3.18. The molecule has 3 nitrogen and oxygen atoms in total. The van der Waals surface area contributed by atoms with Crippen molar-refractivity contribution in [2.24, 2.45) is 5.92 Å². The maximum absolute atomic E-state index is 11.5. The summed E-state index contributed by atoms with van der Waals surface area (Å²) in [4.78, 5) is 2.71. The summed E-state index contributed by atoms with van der Waals surface area (Å²) in [6, 6.07) is 1.31. The van der Waals surface area contributed by atoms with Crippen LogP contribution in [0.2, 0.25) is 0 Å². The van der Waals surface area contributed by atoms with Gasteiger partial charge in [0, 0.05) is 53.0 Å². The zero-order chi connectivity index (χ0) is 12.8. The Morgan fingerprint density at radius 3 is 2.50 bits per heavy atom. The molecule has 1 aliphatic carbocycles. The van der Waals surface area contributed by atoms with Crippen molar-refractivity contribution in [3.8, 4) is 0 Å². The molecule has 3 rings (SSSR count). The molecular formula is C14H26N2OS. The number of nitrogens with zero attached hydrogens (tertiary/aromatic N) is 1. The van der Waals surface area contributed by atoms with E-state index in [-0.39, 0.29) is 0 Å². The van der Waals surface area contributed by atoms with Crippen molar-refractivity contribution in [2.75, 3.05) is 24.6 Å². The Morgan fingerprint density at radius 1 is 1.22 bits per heavy atom. The largest absolute Gasteiger partial charge is 0.308 e. The van der Waals surface area contributed by atoms with E-state index in [1.165, 1.54) is 19.4 Å². The number of hydrogen-bond acceptors (Lipinski definition) is 3. The summed E-state index contributed by atoms with van der Waals surface area (Å²) in [6.45, 7) is 7.05. The van der Waals surface area contributed by atoms with E-state index in [1.807, 2.05) is 0 Å². The smallest absolute Gasteiger partial charge is 0.0309 e. The van der Waals surface area contributed by atoms with Gasteiger partial charge >= 0.3 is 0 Å². The van der Waals surface area contributed by atoms with Gasteiger partial charge in [-0.2, -0.15) is 0 Å².